The molecule has 0 aliphatic carbocycles. The average molecular weight is 618 g/mol. The molecule has 1 aliphatic heterocycles. The van der Waals surface area contributed by atoms with Gasteiger partial charge in [0.25, 0.3) is 5.91 Å². The summed E-state index contributed by atoms with van der Waals surface area (Å²) in [6, 6.07) is 22.4. The number of thioether (sulfide) groups is 1. The van der Waals surface area contributed by atoms with Crippen molar-refractivity contribution in [2.24, 2.45) is 0 Å². The maximum atomic E-state index is 13.9. The van der Waals surface area contributed by atoms with Gasteiger partial charge in [-0.25, -0.2) is 4.68 Å². The van der Waals surface area contributed by atoms with Crippen LogP contribution in [0.15, 0.2) is 89.2 Å². The van der Waals surface area contributed by atoms with Crippen LogP contribution in [0.25, 0.3) is 0 Å². The lowest BCUT2D eigenvalue weighted by molar-refractivity contribution is -0.113. The summed E-state index contributed by atoms with van der Waals surface area (Å²) in [5.41, 5.74) is 3.76. The SMILES string of the molecule is CCCCCOc1ccc(C2C(C(=O)Nc3ccccc3)=C(C)Nc3nc(SCc4ccccc4Cl)nn32)cc1OCC. The Morgan fingerprint density at radius 1 is 1.02 bits per heavy atom. The second-order valence-electron chi connectivity index (χ2n) is 10.1. The number of unbranched alkanes of at least 4 members (excludes halogenated alkanes) is 2. The number of nitrogens with one attached hydrogen (secondary N) is 2. The molecule has 0 radical (unpaired) electrons. The van der Waals surface area contributed by atoms with Crippen molar-refractivity contribution in [3.05, 3.63) is 100 Å². The molecule has 3 aromatic carbocycles. The van der Waals surface area contributed by atoms with Gasteiger partial charge in [0.2, 0.25) is 11.1 Å². The van der Waals surface area contributed by atoms with Gasteiger partial charge in [0.05, 0.1) is 18.8 Å². The van der Waals surface area contributed by atoms with Crippen LogP contribution in [0.3, 0.4) is 0 Å². The highest BCUT2D eigenvalue weighted by molar-refractivity contribution is 7.98. The second kappa shape index (κ2) is 14.5. The molecule has 43 heavy (non-hydrogen) atoms. The number of allylic oxidation sites excluding steroid dienone is 1. The molecule has 1 amide bonds. The molecule has 8 nitrogen and oxygen atoms in total. The minimum Gasteiger partial charge on any atom is -0.490 e. The van der Waals surface area contributed by atoms with Crippen molar-refractivity contribution >= 4 is 40.9 Å². The average Bonchev–Trinajstić information content (AvgIpc) is 3.41. The van der Waals surface area contributed by atoms with E-state index in [4.69, 9.17) is 31.2 Å². The van der Waals surface area contributed by atoms with Crippen molar-refractivity contribution in [3.63, 3.8) is 0 Å². The van der Waals surface area contributed by atoms with Crippen molar-refractivity contribution in [3.8, 4) is 11.5 Å². The molecule has 2 heterocycles. The lowest BCUT2D eigenvalue weighted by atomic mass is 9.94. The van der Waals surface area contributed by atoms with E-state index in [0.29, 0.717) is 63.6 Å². The number of ether oxygens (including phenoxy) is 2. The minimum absolute atomic E-state index is 0.231. The summed E-state index contributed by atoms with van der Waals surface area (Å²) in [6.07, 6.45) is 3.20. The molecule has 1 aliphatic rings. The van der Waals surface area contributed by atoms with E-state index >= 15 is 0 Å². The lowest BCUT2D eigenvalue weighted by Crippen LogP contribution is -2.31. The summed E-state index contributed by atoms with van der Waals surface area (Å²) < 4.78 is 13.9. The van der Waals surface area contributed by atoms with Crippen molar-refractivity contribution in [1.82, 2.24) is 14.8 Å². The van der Waals surface area contributed by atoms with E-state index in [2.05, 4.69) is 17.6 Å². The molecule has 1 aromatic heterocycles. The third-order valence-corrected chi connectivity index (χ3v) is 8.27. The Kier molecular flexibility index (Phi) is 10.3. The molecule has 5 rings (SSSR count). The Balaban J connectivity index is 1.51. The van der Waals surface area contributed by atoms with E-state index in [0.717, 1.165) is 30.4 Å². The fourth-order valence-corrected chi connectivity index (χ4v) is 6.00. The fraction of sp³-hybridized carbons (Fsp3) is 0.303. The Morgan fingerprint density at radius 2 is 1.81 bits per heavy atom. The number of hydrogen-bond acceptors (Lipinski definition) is 7. The Bertz CT molecular complexity index is 1590. The van der Waals surface area contributed by atoms with Crippen LogP contribution < -0.4 is 20.1 Å². The second-order valence-corrected chi connectivity index (χ2v) is 11.5. The van der Waals surface area contributed by atoms with E-state index in [-0.39, 0.29) is 5.91 Å². The molecule has 1 atom stereocenters. The van der Waals surface area contributed by atoms with Gasteiger partial charge in [-0.1, -0.05) is 85.6 Å². The third kappa shape index (κ3) is 7.35. The first-order chi connectivity index (χ1) is 21.0. The summed E-state index contributed by atoms with van der Waals surface area (Å²) in [4.78, 5) is 18.6. The number of hydrogen-bond donors (Lipinski definition) is 2. The van der Waals surface area contributed by atoms with E-state index in [1.165, 1.54) is 11.8 Å². The van der Waals surface area contributed by atoms with E-state index in [1.54, 1.807) is 4.68 Å². The first-order valence-electron chi connectivity index (χ1n) is 14.5. The fourth-order valence-electron chi connectivity index (χ4n) is 4.89. The van der Waals surface area contributed by atoms with Gasteiger partial charge in [0.1, 0.15) is 6.04 Å². The monoisotopic (exact) mass is 617 g/mol. The minimum atomic E-state index is -0.560. The highest BCUT2D eigenvalue weighted by atomic mass is 35.5. The summed E-state index contributed by atoms with van der Waals surface area (Å²) in [6.45, 7) is 7.09. The number of nitrogens with zero attached hydrogens (tertiary/aromatic N) is 3. The van der Waals surface area contributed by atoms with Crippen LogP contribution >= 0.6 is 23.4 Å². The number of amides is 1. The van der Waals surface area contributed by atoms with Gasteiger partial charge in [-0.05, 0) is 61.7 Å². The van der Waals surface area contributed by atoms with Crippen molar-refractivity contribution in [2.75, 3.05) is 23.8 Å². The molecule has 0 saturated carbocycles. The maximum absolute atomic E-state index is 13.9. The van der Waals surface area contributed by atoms with Gasteiger partial charge in [-0.2, -0.15) is 4.98 Å². The molecule has 0 bridgehead atoms. The van der Waals surface area contributed by atoms with E-state index in [9.17, 15) is 4.79 Å². The number of benzene rings is 3. The topological polar surface area (TPSA) is 90.3 Å². The number of para-hydroxylation sites is 1. The van der Waals surface area contributed by atoms with Crippen molar-refractivity contribution in [1.29, 1.82) is 0 Å². The van der Waals surface area contributed by atoms with Crippen molar-refractivity contribution in [2.45, 2.75) is 57.0 Å². The zero-order valence-corrected chi connectivity index (χ0v) is 26.2. The Hall–Kier alpha value is -3.95. The molecule has 0 spiro atoms. The van der Waals surface area contributed by atoms with E-state index in [1.807, 2.05) is 86.6 Å². The van der Waals surface area contributed by atoms with Gasteiger partial charge >= 0.3 is 0 Å². The van der Waals surface area contributed by atoms with Crippen LogP contribution in [-0.4, -0.2) is 33.9 Å². The van der Waals surface area contributed by atoms with Crippen LogP contribution in [0, 0.1) is 0 Å². The van der Waals surface area contributed by atoms with Gasteiger partial charge in [0, 0.05) is 22.2 Å². The maximum Gasteiger partial charge on any atom is 0.255 e. The summed E-state index contributed by atoms with van der Waals surface area (Å²) in [5, 5.41) is 12.5. The largest absolute Gasteiger partial charge is 0.490 e. The molecule has 10 heteroatoms. The van der Waals surface area contributed by atoms with Crippen LogP contribution in [0.4, 0.5) is 11.6 Å². The van der Waals surface area contributed by atoms with Gasteiger partial charge < -0.3 is 20.1 Å². The molecule has 0 saturated heterocycles. The van der Waals surface area contributed by atoms with E-state index < -0.39 is 6.04 Å². The molecule has 224 valence electrons. The van der Waals surface area contributed by atoms with Crippen LogP contribution in [0.2, 0.25) is 5.02 Å². The standard InChI is InChI=1S/C33H36ClN5O3S/c1-4-6-12-19-42-27-18-17-23(20-28(27)41-5-2)30-29(31(40)36-25-14-8-7-9-15-25)22(3)35-32-37-33(38-39(30)32)43-21-24-13-10-11-16-26(24)34/h7-11,13-18,20,30H,4-6,12,19,21H2,1-3H3,(H,36,40)(H,35,37,38). The van der Waals surface area contributed by atoms with Crippen LogP contribution in [0.1, 0.15) is 57.2 Å². The first-order valence-corrected chi connectivity index (χ1v) is 15.9. The molecule has 2 N–H and O–H groups in total. The quantitative estimate of drug-likeness (QED) is 0.116. The lowest BCUT2D eigenvalue weighted by Gasteiger charge is -2.29. The highest BCUT2D eigenvalue weighted by Crippen LogP contribution is 2.40. The van der Waals surface area contributed by atoms with Gasteiger partial charge in [-0.15, -0.1) is 5.10 Å². The number of rotatable bonds is 13. The number of anilines is 2. The predicted octanol–water partition coefficient (Wildman–Crippen LogP) is 8.12. The van der Waals surface area contributed by atoms with Crippen LogP contribution in [-0.2, 0) is 10.5 Å². The summed E-state index contributed by atoms with van der Waals surface area (Å²) in [5.74, 6) is 2.25. The number of fused-ring (bicyclic) bond motifs is 1. The molecule has 4 aromatic rings. The number of carbonyl (C=O) groups excluding carboxylic acids is 1. The van der Waals surface area contributed by atoms with Crippen molar-refractivity contribution < 1.29 is 14.3 Å². The highest BCUT2D eigenvalue weighted by Gasteiger charge is 2.35. The third-order valence-electron chi connectivity index (χ3n) is 7.01. The number of aromatic nitrogens is 3. The smallest absolute Gasteiger partial charge is 0.255 e. The molecular weight excluding hydrogens is 582 g/mol. The Labute approximate surface area is 261 Å². The number of halogens is 1. The zero-order valence-electron chi connectivity index (χ0n) is 24.6. The number of carbonyl (C=O) groups is 1. The Morgan fingerprint density at radius 3 is 2.58 bits per heavy atom. The summed E-state index contributed by atoms with van der Waals surface area (Å²) in [7, 11) is 0. The molecular formula is C33H36ClN5O3S. The normalized spacial score (nSPS) is 14.2. The van der Waals surface area contributed by atoms with Gasteiger partial charge in [0.15, 0.2) is 11.5 Å². The first kappa shape index (κ1) is 30.5. The zero-order chi connectivity index (χ0) is 30.2. The van der Waals surface area contributed by atoms with Gasteiger partial charge in [-0.3, -0.25) is 4.79 Å². The summed E-state index contributed by atoms with van der Waals surface area (Å²) >= 11 is 7.88. The molecule has 0 fully saturated rings. The molecule has 1 unspecified atom stereocenters. The predicted molar refractivity (Wildman–Crippen MR) is 173 cm³/mol. The van der Waals surface area contributed by atoms with Crippen LogP contribution in [0.5, 0.6) is 11.5 Å².